The lowest BCUT2D eigenvalue weighted by atomic mass is 10.00. The topological polar surface area (TPSA) is 45.1 Å². The number of nitrogens with zero attached hydrogens (tertiary/aromatic N) is 3. The molecule has 0 fully saturated rings. The molecule has 2 heterocycles. The number of halogens is 1. The number of aliphatic imine (C=N–C) groups is 1. The molecule has 1 atom stereocenters. The Bertz CT molecular complexity index is 1160. The first-order valence-corrected chi connectivity index (χ1v) is 13.8. The van der Waals surface area contributed by atoms with Crippen LogP contribution in [0.4, 0.5) is 0 Å². The highest BCUT2D eigenvalue weighted by Gasteiger charge is 2.39. The van der Waals surface area contributed by atoms with Crippen LogP contribution in [-0.4, -0.2) is 41.1 Å². The smallest absolute Gasteiger partial charge is 0.262 e. The van der Waals surface area contributed by atoms with E-state index in [9.17, 15) is 4.79 Å². The summed E-state index contributed by atoms with van der Waals surface area (Å²) in [5.74, 6) is 0.913. The zero-order chi connectivity index (χ0) is 25.7. The van der Waals surface area contributed by atoms with Gasteiger partial charge in [-0.2, -0.15) is 0 Å². The third-order valence-electron chi connectivity index (χ3n) is 6.54. The fourth-order valence-corrected chi connectivity index (χ4v) is 5.68. The van der Waals surface area contributed by atoms with Gasteiger partial charge < -0.3 is 14.5 Å². The molecular formula is C29H34ClN3O2S. The first-order valence-electron chi connectivity index (χ1n) is 12.6. The van der Waals surface area contributed by atoms with Gasteiger partial charge in [-0.05, 0) is 79.6 Å². The third kappa shape index (κ3) is 5.65. The van der Waals surface area contributed by atoms with Gasteiger partial charge in [-0.25, -0.2) is 4.99 Å². The number of thioether (sulfide) groups is 1. The van der Waals surface area contributed by atoms with Crippen molar-refractivity contribution in [2.24, 2.45) is 4.99 Å². The molecule has 1 amide bonds. The van der Waals surface area contributed by atoms with Gasteiger partial charge in [-0.3, -0.25) is 4.79 Å². The molecule has 0 N–H and O–H groups in total. The van der Waals surface area contributed by atoms with Crippen LogP contribution in [0.2, 0.25) is 5.02 Å². The van der Waals surface area contributed by atoms with Crippen molar-refractivity contribution in [1.82, 2.24) is 9.80 Å². The molecule has 5 nitrogen and oxygen atoms in total. The summed E-state index contributed by atoms with van der Waals surface area (Å²) in [7, 11) is 1.66. The summed E-state index contributed by atoms with van der Waals surface area (Å²) < 4.78 is 5.33. The standard InChI is InChI=1S/C29H34ClN3O2S/c1-5-7-17-32(18-8-6-2)28(34)27-20(3)33-26(22-9-13-23(30)14-10-22)19-25(31-29(33)36-27)21-11-15-24(35-4)16-12-21/h9-16,19,26H,5-8,17-18H2,1-4H3. The molecule has 0 aliphatic carbocycles. The van der Waals surface area contributed by atoms with Crippen LogP contribution in [0.15, 0.2) is 70.2 Å². The summed E-state index contributed by atoms with van der Waals surface area (Å²) in [5, 5.41) is 1.53. The number of unbranched alkanes of at least 4 members (excludes halogenated alkanes) is 2. The molecule has 0 spiro atoms. The number of carbonyl (C=O) groups is 1. The van der Waals surface area contributed by atoms with Crippen molar-refractivity contribution in [3.05, 3.63) is 81.4 Å². The normalized spacial score (nSPS) is 17.0. The van der Waals surface area contributed by atoms with Crippen molar-refractivity contribution in [1.29, 1.82) is 0 Å². The summed E-state index contributed by atoms with van der Waals surface area (Å²) in [5.41, 5.74) is 3.94. The van der Waals surface area contributed by atoms with Crippen molar-refractivity contribution in [2.75, 3.05) is 20.2 Å². The predicted molar refractivity (Wildman–Crippen MR) is 151 cm³/mol. The van der Waals surface area contributed by atoms with E-state index in [4.69, 9.17) is 21.3 Å². The van der Waals surface area contributed by atoms with Gasteiger partial charge in [-0.1, -0.05) is 50.4 Å². The quantitative estimate of drug-likeness (QED) is 0.323. The minimum Gasteiger partial charge on any atom is -0.497 e. The van der Waals surface area contributed by atoms with E-state index in [0.717, 1.165) is 77.1 Å². The van der Waals surface area contributed by atoms with E-state index in [2.05, 4.69) is 24.8 Å². The molecule has 2 aromatic carbocycles. The molecule has 0 saturated carbocycles. The van der Waals surface area contributed by atoms with Crippen LogP contribution < -0.4 is 4.74 Å². The van der Waals surface area contributed by atoms with Crippen LogP contribution in [0, 0.1) is 0 Å². The van der Waals surface area contributed by atoms with Crippen molar-refractivity contribution in [3.63, 3.8) is 0 Å². The highest BCUT2D eigenvalue weighted by Crippen LogP contribution is 2.45. The average molecular weight is 524 g/mol. The van der Waals surface area contributed by atoms with Crippen molar-refractivity contribution in [3.8, 4) is 5.75 Å². The summed E-state index contributed by atoms with van der Waals surface area (Å²) >= 11 is 7.68. The van der Waals surface area contributed by atoms with Crippen molar-refractivity contribution < 1.29 is 9.53 Å². The number of rotatable bonds is 10. The number of amides is 1. The maximum atomic E-state index is 13.7. The van der Waals surface area contributed by atoms with E-state index in [1.807, 2.05) is 60.4 Å². The van der Waals surface area contributed by atoms with Gasteiger partial charge in [0, 0.05) is 29.4 Å². The lowest BCUT2D eigenvalue weighted by Crippen LogP contribution is -2.34. The highest BCUT2D eigenvalue weighted by molar-refractivity contribution is 8.18. The second-order valence-electron chi connectivity index (χ2n) is 9.06. The molecule has 0 aromatic heterocycles. The Morgan fingerprint density at radius 1 is 1.06 bits per heavy atom. The second-order valence-corrected chi connectivity index (χ2v) is 10.5. The molecule has 0 saturated heterocycles. The lowest BCUT2D eigenvalue weighted by Gasteiger charge is -2.32. The van der Waals surface area contributed by atoms with Crippen molar-refractivity contribution >= 4 is 40.1 Å². The van der Waals surface area contributed by atoms with E-state index in [1.54, 1.807) is 7.11 Å². The molecule has 0 bridgehead atoms. The van der Waals surface area contributed by atoms with Gasteiger partial charge in [-0.15, -0.1) is 0 Å². The van der Waals surface area contributed by atoms with Crippen molar-refractivity contribution in [2.45, 2.75) is 52.5 Å². The first kappa shape index (κ1) is 26.4. The van der Waals surface area contributed by atoms with Crippen LogP contribution in [0.3, 0.4) is 0 Å². The number of allylic oxidation sites excluding steroid dienone is 1. The fourth-order valence-electron chi connectivity index (χ4n) is 4.42. The van der Waals surface area contributed by atoms with Gasteiger partial charge >= 0.3 is 0 Å². The molecule has 2 aliphatic rings. The number of hydrogen-bond donors (Lipinski definition) is 0. The maximum Gasteiger partial charge on any atom is 0.262 e. The summed E-state index contributed by atoms with van der Waals surface area (Å²) in [6, 6.07) is 15.8. The number of ether oxygens (including phenoxy) is 1. The molecule has 2 aromatic rings. The van der Waals surface area contributed by atoms with Crippen LogP contribution in [0.5, 0.6) is 5.75 Å². The number of fused-ring (bicyclic) bond motifs is 1. The Labute approximate surface area is 223 Å². The molecule has 2 aliphatic heterocycles. The summed E-state index contributed by atoms with van der Waals surface area (Å²) in [6.45, 7) is 7.94. The number of hydrogen-bond acceptors (Lipinski definition) is 5. The number of methoxy groups -OCH3 is 1. The summed E-state index contributed by atoms with van der Waals surface area (Å²) in [4.78, 5) is 23.7. The SMILES string of the molecule is CCCCN(CCCC)C(=O)C1=C(C)N2C(=NC(c3ccc(OC)cc3)=CC2c2ccc(Cl)cc2)S1. The monoisotopic (exact) mass is 523 g/mol. The maximum absolute atomic E-state index is 13.7. The molecule has 4 rings (SSSR count). The van der Waals surface area contributed by atoms with Gasteiger partial charge in [0.2, 0.25) is 0 Å². The van der Waals surface area contributed by atoms with E-state index in [0.29, 0.717) is 5.02 Å². The number of carbonyl (C=O) groups excluding carboxylic acids is 1. The van der Waals surface area contributed by atoms with Gasteiger partial charge in [0.25, 0.3) is 5.91 Å². The minimum atomic E-state index is -0.0931. The molecule has 0 radical (unpaired) electrons. The minimum absolute atomic E-state index is 0.0931. The average Bonchev–Trinajstić information content (AvgIpc) is 3.24. The number of benzene rings is 2. The Kier molecular flexibility index (Phi) is 8.81. The Balaban J connectivity index is 1.72. The molecule has 190 valence electrons. The molecule has 7 heteroatoms. The van der Waals surface area contributed by atoms with E-state index in [1.165, 1.54) is 11.8 Å². The predicted octanol–water partition coefficient (Wildman–Crippen LogP) is 7.51. The van der Waals surface area contributed by atoms with Crippen LogP contribution in [0.1, 0.15) is 63.6 Å². The Morgan fingerprint density at radius 2 is 1.69 bits per heavy atom. The van der Waals surface area contributed by atoms with E-state index >= 15 is 0 Å². The fraction of sp³-hybridized carbons (Fsp3) is 0.379. The largest absolute Gasteiger partial charge is 0.497 e. The molecular weight excluding hydrogens is 490 g/mol. The Hall–Kier alpha value is -2.70. The van der Waals surface area contributed by atoms with E-state index < -0.39 is 0 Å². The van der Waals surface area contributed by atoms with Gasteiger partial charge in [0.15, 0.2) is 5.17 Å². The van der Waals surface area contributed by atoms with Crippen LogP contribution >= 0.6 is 23.4 Å². The Morgan fingerprint density at radius 3 is 2.28 bits per heavy atom. The first-order chi connectivity index (χ1) is 17.5. The van der Waals surface area contributed by atoms with Crippen LogP contribution in [-0.2, 0) is 4.79 Å². The lowest BCUT2D eigenvalue weighted by molar-refractivity contribution is -0.126. The molecule has 1 unspecified atom stereocenters. The highest BCUT2D eigenvalue weighted by atomic mass is 35.5. The van der Waals surface area contributed by atoms with Gasteiger partial charge in [0.1, 0.15) is 5.75 Å². The molecule has 36 heavy (non-hydrogen) atoms. The summed E-state index contributed by atoms with van der Waals surface area (Å²) in [6.07, 6.45) is 6.31. The zero-order valence-corrected chi connectivity index (χ0v) is 23.0. The van der Waals surface area contributed by atoms with Gasteiger partial charge in [0.05, 0.1) is 23.8 Å². The second kappa shape index (κ2) is 12.0. The zero-order valence-electron chi connectivity index (χ0n) is 21.5. The van der Waals surface area contributed by atoms with Crippen LogP contribution in [0.25, 0.3) is 5.70 Å². The van der Waals surface area contributed by atoms with E-state index in [-0.39, 0.29) is 11.9 Å². The third-order valence-corrected chi connectivity index (χ3v) is 7.94. The number of amidine groups is 1.